The van der Waals surface area contributed by atoms with Gasteiger partial charge in [-0.2, -0.15) is 0 Å². The van der Waals surface area contributed by atoms with Crippen LogP contribution in [-0.4, -0.2) is 87.5 Å². The molecule has 17 atom stereocenters. The molecule has 2 bridgehead atoms. The molecule has 47 heavy (non-hydrogen) atoms. The van der Waals surface area contributed by atoms with Crippen LogP contribution in [0.15, 0.2) is 0 Å². The lowest BCUT2D eigenvalue weighted by molar-refractivity contribution is -0.332. The number of fused-ring (bicyclic) bond motifs is 4. The molecule has 3 heterocycles. The maximum absolute atomic E-state index is 12.9. The molecule has 5 aliphatic carbocycles. The average molecular weight is 663 g/mol. The van der Waals surface area contributed by atoms with E-state index in [0.717, 1.165) is 44.9 Å². The van der Waals surface area contributed by atoms with E-state index in [1.807, 2.05) is 0 Å². The Morgan fingerprint density at radius 3 is 2.28 bits per heavy atom. The predicted octanol–water partition coefficient (Wildman–Crippen LogP) is 3.90. The molecule has 3 aliphatic heterocycles. The molecular weight excluding hydrogens is 604 g/mol. The van der Waals surface area contributed by atoms with Gasteiger partial charge in [-0.05, 0) is 90.3 Å². The van der Waals surface area contributed by atoms with Crippen molar-refractivity contribution >= 4 is 5.97 Å². The molecule has 0 amide bonds. The van der Waals surface area contributed by atoms with Crippen molar-refractivity contribution in [3.63, 3.8) is 0 Å². The number of hydrogen-bond donors (Lipinski definition) is 4. The summed E-state index contributed by atoms with van der Waals surface area (Å²) < 4.78 is 32.2. The van der Waals surface area contributed by atoms with Crippen LogP contribution >= 0.6 is 0 Å². The van der Waals surface area contributed by atoms with E-state index < -0.39 is 53.8 Å². The van der Waals surface area contributed by atoms with Crippen LogP contribution in [0, 0.1) is 56.7 Å². The van der Waals surface area contributed by atoms with Crippen molar-refractivity contribution in [1.82, 2.24) is 0 Å². The van der Waals surface area contributed by atoms with Crippen molar-refractivity contribution in [3.8, 4) is 0 Å². The molecule has 10 heteroatoms. The van der Waals surface area contributed by atoms with Crippen LogP contribution < -0.4 is 0 Å². The zero-order chi connectivity index (χ0) is 33.9. The van der Waals surface area contributed by atoms with E-state index in [9.17, 15) is 25.2 Å². The van der Waals surface area contributed by atoms with Crippen molar-refractivity contribution < 1.29 is 48.9 Å². The molecule has 266 valence electrons. The summed E-state index contributed by atoms with van der Waals surface area (Å²) in [5, 5.41) is 43.7. The zero-order valence-electron chi connectivity index (χ0n) is 29.5. The molecule has 3 spiro atoms. The maximum Gasteiger partial charge on any atom is 0.305 e. The second-order valence-electron chi connectivity index (χ2n) is 18.7. The smallest absolute Gasteiger partial charge is 0.305 e. The number of aliphatic hydroxyl groups excluding tert-OH is 4. The van der Waals surface area contributed by atoms with Crippen LogP contribution in [0.1, 0.15) is 107 Å². The van der Waals surface area contributed by atoms with Crippen molar-refractivity contribution in [3.05, 3.63) is 0 Å². The maximum atomic E-state index is 12.9. The van der Waals surface area contributed by atoms with Crippen molar-refractivity contribution in [1.29, 1.82) is 0 Å². The molecule has 4 N–H and O–H groups in total. The first kappa shape index (κ1) is 33.3. The number of rotatable bonds is 4. The van der Waals surface area contributed by atoms with Crippen LogP contribution in [0.5, 0.6) is 0 Å². The highest BCUT2D eigenvalue weighted by Crippen LogP contribution is 2.90. The highest BCUT2D eigenvalue weighted by atomic mass is 16.9. The molecule has 8 rings (SSSR count). The SMILES string of the molecule is CC(=O)O[C@]12C[C@@H](C)[C@H]3[C@](O[C@H]1C(C)C)(O2)[C@H](O)[C@@]1(C)[C@@H]2CC[C@H]4C(C)(C)[C@@H](O[C@@H]5OC[C@@H](O)[C@H](O)[C@H]5O)CC[C@@]45C[C@@]25CC[C@]31C. The lowest BCUT2D eigenvalue weighted by Crippen LogP contribution is -2.61. The van der Waals surface area contributed by atoms with Crippen molar-refractivity contribution in [2.75, 3.05) is 6.61 Å². The van der Waals surface area contributed by atoms with Gasteiger partial charge in [-0.3, -0.25) is 4.79 Å². The Hall–Kier alpha value is -0.850. The first-order valence-electron chi connectivity index (χ1n) is 18.4. The summed E-state index contributed by atoms with van der Waals surface area (Å²) in [5.74, 6) is -1.95. The van der Waals surface area contributed by atoms with E-state index in [4.69, 9.17) is 23.7 Å². The number of aliphatic hydroxyl groups is 4. The Labute approximate surface area is 279 Å². The van der Waals surface area contributed by atoms with Gasteiger partial charge in [0.15, 0.2) is 6.29 Å². The number of carbonyl (C=O) groups excluding carboxylic acids is 1. The van der Waals surface area contributed by atoms with Gasteiger partial charge in [-0.15, -0.1) is 0 Å². The highest BCUT2D eigenvalue weighted by Gasteiger charge is 2.89. The fourth-order valence-electron chi connectivity index (χ4n) is 14.4. The average Bonchev–Trinajstić information content (AvgIpc) is 3.53. The van der Waals surface area contributed by atoms with Gasteiger partial charge in [-0.1, -0.05) is 48.5 Å². The van der Waals surface area contributed by atoms with Gasteiger partial charge >= 0.3 is 5.97 Å². The summed E-state index contributed by atoms with van der Waals surface area (Å²) in [6.07, 6.45) is 1.54. The summed E-state index contributed by atoms with van der Waals surface area (Å²) in [4.78, 5) is 12.4. The fourth-order valence-corrected chi connectivity index (χ4v) is 14.4. The van der Waals surface area contributed by atoms with E-state index in [1.165, 1.54) is 6.92 Å². The van der Waals surface area contributed by atoms with E-state index in [0.29, 0.717) is 18.3 Å². The summed E-state index contributed by atoms with van der Waals surface area (Å²) >= 11 is 0. The molecule has 8 aliphatic rings. The van der Waals surface area contributed by atoms with Crippen molar-refractivity contribution in [2.24, 2.45) is 56.7 Å². The van der Waals surface area contributed by atoms with Crippen LogP contribution in [0.4, 0.5) is 0 Å². The Bertz CT molecular complexity index is 1320. The summed E-state index contributed by atoms with van der Waals surface area (Å²) in [6, 6.07) is 0. The molecule has 0 aromatic rings. The normalized spacial score (nSPS) is 60.1. The van der Waals surface area contributed by atoms with E-state index in [-0.39, 0.29) is 58.1 Å². The number of ether oxygens (including phenoxy) is 5. The lowest BCUT2D eigenvalue weighted by atomic mass is 9.41. The first-order valence-corrected chi connectivity index (χ1v) is 18.4. The minimum Gasteiger partial charge on any atom is -0.430 e. The number of carbonyl (C=O) groups is 1. The van der Waals surface area contributed by atoms with Gasteiger partial charge in [0.05, 0.1) is 12.7 Å². The quantitative estimate of drug-likeness (QED) is 0.259. The largest absolute Gasteiger partial charge is 0.430 e. The zero-order valence-corrected chi connectivity index (χ0v) is 29.5. The minimum atomic E-state index is -1.30. The third kappa shape index (κ3) is 3.78. The van der Waals surface area contributed by atoms with Crippen LogP contribution in [0.25, 0.3) is 0 Å². The lowest BCUT2D eigenvalue weighted by Gasteiger charge is -2.63. The molecule has 10 nitrogen and oxygen atoms in total. The molecule has 0 unspecified atom stereocenters. The monoisotopic (exact) mass is 662 g/mol. The van der Waals surface area contributed by atoms with Gasteiger partial charge < -0.3 is 44.1 Å². The molecule has 5 saturated carbocycles. The molecular formula is C37H58O10. The molecule has 0 aromatic carbocycles. The summed E-state index contributed by atoms with van der Waals surface area (Å²) in [7, 11) is 0. The van der Waals surface area contributed by atoms with Crippen molar-refractivity contribution in [2.45, 2.75) is 161 Å². The Morgan fingerprint density at radius 1 is 0.915 bits per heavy atom. The molecule has 0 radical (unpaired) electrons. The molecule has 8 fully saturated rings. The highest BCUT2D eigenvalue weighted by molar-refractivity contribution is 5.66. The fraction of sp³-hybridized carbons (Fsp3) is 0.973. The Kier molecular flexibility index (Phi) is 7.03. The second-order valence-corrected chi connectivity index (χ2v) is 18.7. The van der Waals surface area contributed by atoms with Crippen LogP contribution in [-0.2, 0) is 28.5 Å². The standard InChI is InChI=1S/C37H58O10/c1-18(2)28-36(45-20(4)38)15-19(3)27-32(7)13-14-35-17-34(35)12-11-24(44-29-26(41)25(40)21(39)16-43-29)31(5,6)22(34)9-10-23(35)33(32,8)30(42)37(27,46-28)47-36/h18-19,21-30,39-42H,9-17H2,1-8H3/t19-,21-,22+,23+,24+,25+,26-,27-,28+,29+,30-,32-,33-,34-,35+,36+,37+/m1/s1. The number of esters is 1. The topological polar surface area (TPSA) is 144 Å². The molecule has 3 saturated heterocycles. The van der Waals surface area contributed by atoms with E-state index >= 15 is 0 Å². The van der Waals surface area contributed by atoms with Gasteiger partial charge in [0, 0.05) is 24.7 Å². The molecule has 0 aromatic heterocycles. The first-order chi connectivity index (χ1) is 21.9. The minimum absolute atomic E-state index is 0.0245. The Balaban J connectivity index is 1.11. The van der Waals surface area contributed by atoms with Gasteiger partial charge in [0.1, 0.15) is 30.5 Å². The van der Waals surface area contributed by atoms with Crippen LogP contribution in [0.3, 0.4) is 0 Å². The third-order valence-corrected chi connectivity index (χ3v) is 16.2. The van der Waals surface area contributed by atoms with Crippen LogP contribution in [0.2, 0.25) is 0 Å². The second kappa shape index (κ2) is 9.93. The number of hydrogen-bond acceptors (Lipinski definition) is 10. The third-order valence-electron chi connectivity index (χ3n) is 16.2. The van der Waals surface area contributed by atoms with E-state index in [2.05, 4.69) is 48.5 Å². The van der Waals surface area contributed by atoms with Gasteiger partial charge in [-0.25, -0.2) is 0 Å². The van der Waals surface area contributed by atoms with Gasteiger partial charge in [0.2, 0.25) is 11.6 Å². The predicted molar refractivity (Wildman–Crippen MR) is 168 cm³/mol. The summed E-state index contributed by atoms with van der Waals surface area (Å²) in [5.41, 5.74) is -0.597. The summed E-state index contributed by atoms with van der Waals surface area (Å²) in [6.45, 7) is 17.1. The van der Waals surface area contributed by atoms with E-state index in [1.54, 1.807) is 0 Å². The Morgan fingerprint density at radius 2 is 1.60 bits per heavy atom. The van der Waals surface area contributed by atoms with Gasteiger partial charge in [0.25, 0.3) is 0 Å².